The summed E-state index contributed by atoms with van der Waals surface area (Å²) in [6.07, 6.45) is 2.23. The topological polar surface area (TPSA) is 39.9 Å². The maximum atomic E-state index is 5.17. The molecule has 16 heavy (non-hydrogen) atoms. The predicted molar refractivity (Wildman–Crippen MR) is 79.6 cm³/mol. The van der Waals surface area contributed by atoms with E-state index in [0.717, 1.165) is 21.2 Å². The van der Waals surface area contributed by atoms with Crippen molar-refractivity contribution in [2.45, 2.75) is 0 Å². The zero-order valence-electron chi connectivity index (χ0n) is 8.37. The van der Waals surface area contributed by atoms with Crippen LogP contribution in [0.4, 0.5) is 0 Å². The van der Waals surface area contributed by atoms with Gasteiger partial charge in [0, 0.05) is 5.39 Å². The Hall–Kier alpha value is -0.200. The van der Waals surface area contributed by atoms with Crippen molar-refractivity contribution in [3.05, 3.63) is 22.8 Å². The van der Waals surface area contributed by atoms with Crippen LogP contribution in [-0.2, 0) is 0 Å². The molecule has 1 unspecified atom stereocenters. The van der Waals surface area contributed by atoms with Crippen LogP contribution in [0.2, 0.25) is 0 Å². The molecular formula is C9H8BrIN3OP. The summed E-state index contributed by atoms with van der Waals surface area (Å²) >= 11 is 5.68. The Bertz CT molecular complexity index is 557. The number of methoxy groups -OCH3 is 1. The third kappa shape index (κ3) is 1.98. The first-order chi connectivity index (χ1) is 7.71. The van der Waals surface area contributed by atoms with E-state index in [1.807, 2.05) is 10.5 Å². The summed E-state index contributed by atoms with van der Waals surface area (Å²) in [4.78, 5) is 4.42. The van der Waals surface area contributed by atoms with Gasteiger partial charge in [0.25, 0.3) is 0 Å². The normalized spacial score (nSPS) is 11.4. The van der Waals surface area contributed by atoms with Gasteiger partial charge in [-0.3, -0.25) is 0 Å². The van der Waals surface area contributed by atoms with Gasteiger partial charge in [-0.25, -0.2) is 4.45 Å². The standard InChI is InChI=1S/C9H8BrIN3OP/c1-3-7-5-4-6(10)9(15-2)12-8(5)14(13-7)16-11/h3-4,16H,1H2,2H3. The number of hydrogen-bond donors (Lipinski definition) is 0. The monoisotopic (exact) mass is 411 g/mol. The first-order valence-electron chi connectivity index (χ1n) is 4.33. The number of ether oxygens (including phenoxy) is 1. The summed E-state index contributed by atoms with van der Waals surface area (Å²) in [7, 11) is 1.60. The molecule has 0 fully saturated rings. The van der Waals surface area contributed by atoms with Gasteiger partial charge < -0.3 is 4.74 Å². The molecule has 84 valence electrons. The Balaban J connectivity index is 2.80. The minimum atomic E-state index is 0.497. The Kier molecular flexibility index (Phi) is 3.81. The number of fused-ring (bicyclic) bond motifs is 1. The number of rotatable bonds is 3. The average molecular weight is 412 g/mol. The van der Waals surface area contributed by atoms with E-state index in [9.17, 15) is 0 Å². The lowest BCUT2D eigenvalue weighted by Gasteiger charge is -2.02. The summed E-state index contributed by atoms with van der Waals surface area (Å²) in [5.74, 6) is 0.568. The lowest BCUT2D eigenvalue weighted by Crippen LogP contribution is -1.91. The second-order valence-corrected chi connectivity index (χ2v) is 5.83. The highest BCUT2D eigenvalue weighted by Crippen LogP contribution is 2.34. The van der Waals surface area contributed by atoms with Crippen molar-refractivity contribution in [2.24, 2.45) is 0 Å². The Morgan fingerprint density at radius 2 is 2.44 bits per heavy atom. The van der Waals surface area contributed by atoms with Crippen LogP contribution in [0.15, 0.2) is 17.1 Å². The molecule has 0 aromatic carbocycles. The molecule has 0 radical (unpaired) electrons. The molecule has 0 aliphatic rings. The Morgan fingerprint density at radius 3 is 3.00 bits per heavy atom. The highest BCUT2D eigenvalue weighted by Gasteiger charge is 2.13. The van der Waals surface area contributed by atoms with Crippen LogP contribution in [0.25, 0.3) is 17.1 Å². The van der Waals surface area contributed by atoms with E-state index in [1.54, 1.807) is 13.2 Å². The molecule has 2 aromatic rings. The number of pyridine rings is 1. The lowest BCUT2D eigenvalue weighted by atomic mass is 10.2. The molecule has 0 aliphatic carbocycles. The Labute approximate surface area is 116 Å². The number of halogens is 2. The Morgan fingerprint density at radius 1 is 1.69 bits per heavy atom. The number of hydrogen-bond acceptors (Lipinski definition) is 3. The van der Waals surface area contributed by atoms with Gasteiger partial charge in [0.05, 0.1) is 23.7 Å². The second kappa shape index (κ2) is 4.98. The second-order valence-electron chi connectivity index (χ2n) is 2.94. The third-order valence-electron chi connectivity index (χ3n) is 2.07. The fourth-order valence-electron chi connectivity index (χ4n) is 1.37. The highest BCUT2D eigenvalue weighted by molar-refractivity contribution is 14.2. The molecule has 7 heteroatoms. The van der Waals surface area contributed by atoms with Crippen LogP contribution in [0.1, 0.15) is 5.69 Å². The number of nitrogens with zero attached hydrogens (tertiary/aromatic N) is 3. The van der Waals surface area contributed by atoms with E-state index >= 15 is 0 Å². The quantitative estimate of drug-likeness (QED) is 0.572. The smallest absolute Gasteiger partial charge is 0.229 e. The SMILES string of the molecule is C=Cc1nn(PI)c2nc(OC)c(Br)cc12. The maximum Gasteiger partial charge on any atom is 0.229 e. The van der Waals surface area contributed by atoms with Gasteiger partial charge in [0.15, 0.2) is 5.65 Å². The van der Waals surface area contributed by atoms with Gasteiger partial charge in [-0.15, -0.1) is 0 Å². The van der Waals surface area contributed by atoms with E-state index < -0.39 is 0 Å². The molecule has 0 saturated heterocycles. The maximum absolute atomic E-state index is 5.17. The first kappa shape index (κ1) is 12.3. The first-order valence-corrected chi connectivity index (χ1v) is 9.19. The van der Waals surface area contributed by atoms with Crippen molar-refractivity contribution in [3.8, 4) is 5.88 Å². The highest BCUT2D eigenvalue weighted by atomic mass is 127. The predicted octanol–water partition coefficient (Wildman–Crippen LogP) is 3.64. The van der Waals surface area contributed by atoms with Gasteiger partial charge in [-0.2, -0.15) is 10.1 Å². The van der Waals surface area contributed by atoms with Crippen molar-refractivity contribution in [1.29, 1.82) is 0 Å². The molecule has 2 heterocycles. The molecule has 4 nitrogen and oxygen atoms in total. The minimum Gasteiger partial charge on any atom is -0.480 e. The molecule has 0 amide bonds. The molecule has 2 aromatic heterocycles. The summed E-state index contributed by atoms with van der Waals surface area (Å²) in [5, 5.41) is 5.39. The van der Waals surface area contributed by atoms with Crippen LogP contribution < -0.4 is 4.74 Å². The zero-order valence-corrected chi connectivity index (χ0v) is 13.1. The van der Waals surface area contributed by atoms with E-state index in [0.29, 0.717) is 12.3 Å². The van der Waals surface area contributed by atoms with Crippen LogP contribution in [-0.4, -0.2) is 21.6 Å². The van der Waals surface area contributed by atoms with E-state index in [2.05, 4.69) is 54.6 Å². The van der Waals surface area contributed by atoms with E-state index in [-0.39, 0.29) is 0 Å². The average Bonchev–Trinajstić information content (AvgIpc) is 2.65. The molecule has 1 atom stereocenters. The van der Waals surface area contributed by atoms with E-state index in [1.165, 1.54) is 0 Å². The van der Waals surface area contributed by atoms with Crippen molar-refractivity contribution in [2.75, 3.05) is 7.11 Å². The molecule has 0 saturated carbocycles. The van der Waals surface area contributed by atoms with Crippen LogP contribution in [0.3, 0.4) is 0 Å². The van der Waals surface area contributed by atoms with Crippen molar-refractivity contribution >= 4 is 61.5 Å². The lowest BCUT2D eigenvalue weighted by molar-refractivity contribution is 0.396. The van der Waals surface area contributed by atoms with Gasteiger partial charge in [-0.1, -0.05) is 6.58 Å². The van der Waals surface area contributed by atoms with Crippen molar-refractivity contribution in [3.63, 3.8) is 0 Å². The summed E-state index contributed by atoms with van der Waals surface area (Å²) < 4.78 is 7.84. The minimum absolute atomic E-state index is 0.497. The van der Waals surface area contributed by atoms with Crippen LogP contribution in [0, 0.1) is 0 Å². The third-order valence-corrected chi connectivity index (χ3v) is 4.49. The fourth-order valence-corrected chi connectivity index (χ4v) is 3.26. The van der Waals surface area contributed by atoms with Gasteiger partial charge in [0.2, 0.25) is 5.88 Å². The zero-order chi connectivity index (χ0) is 11.7. The summed E-state index contributed by atoms with van der Waals surface area (Å²) in [6.45, 7) is 3.75. The molecule has 2 rings (SSSR count). The largest absolute Gasteiger partial charge is 0.480 e. The van der Waals surface area contributed by atoms with Gasteiger partial charge in [-0.05, 0) is 50.1 Å². The molecule has 0 bridgehead atoms. The number of aromatic nitrogens is 3. The summed E-state index contributed by atoms with van der Waals surface area (Å²) in [6, 6.07) is 1.96. The van der Waals surface area contributed by atoms with Gasteiger partial charge >= 0.3 is 0 Å². The van der Waals surface area contributed by atoms with Crippen molar-refractivity contribution < 1.29 is 4.74 Å². The molecule has 0 N–H and O–H groups in total. The molecule has 0 spiro atoms. The van der Waals surface area contributed by atoms with E-state index in [4.69, 9.17) is 4.74 Å². The summed E-state index contributed by atoms with van der Waals surface area (Å²) in [5.41, 5.74) is 1.66. The van der Waals surface area contributed by atoms with Gasteiger partial charge in [0.1, 0.15) is 0 Å². The van der Waals surface area contributed by atoms with Crippen LogP contribution >= 0.6 is 44.3 Å². The fraction of sp³-hybridized carbons (Fsp3) is 0.111. The molecule has 0 aliphatic heterocycles. The molecular weight excluding hydrogens is 404 g/mol. The van der Waals surface area contributed by atoms with Crippen molar-refractivity contribution in [1.82, 2.24) is 14.5 Å². The van der Waals surface area contributed by atoms with Crippen LogP contribution in [0.5, 0.6) is 5.88 Å².